The summed E-state index contributed by atoms with van der Waals surface area (Å²) in [5.41, 5.74) is -0.315. The molecule has 272 valence electrons. The molecule has 0 bridgehead atoms. The first-order chi connectivity index (χ1) is 23.6. The van der Waals surface area contributed by atoms with Crippen molar-refractivity contribution < 1.29 is 41.9 Å². The van der Waals surface area contributed by atoms with Gasteiger partial charge in [0.25, 0.3) is 5.91 Å². The number of carbonyl (C=O) groups excluding carboxylic acids is 5. The Bertz CT molecular complexity index is 1640. The van der Waals surface area contributed by atoms with E-state index < -0.39 is 80.4 Å². The van der Waals surface area contributed by atoms with Crippen LogP contribution < -0.4 is 15.4 Å². The molecule has 0 spiro atoms. The molecule has 0 unspecified atom stereocenters. The van der Waals surface area contributed by atoms with Crippen LogP contribution in [0.1, 0.15) is 89.7 Å². The molecule has 2 saturated carbocycles. The number of nitrogens with one attached hydrogen (secondary N) is 3. The molecule has 1 saturated heterocycles. The van der Waals surface area contributed by atoms with Crippen molar-refractivity contribution in [1.82, 2.24) is 25.2 Å². The van der Waals surface area contributed by atoms with Gasteiger partial charge in [-0.05, 0) is 70.4 Å². The second kappa shape index (κ2) is 13.9. The summed E-state index contributed by atoms with van der Waals surface area (Å²) < 4.78 is 39.0. The Labute approximate surface area is 292 Å². The summed E-state index contributed by atoms with van der Waals surface area (Å²) in [6.45, 7) is 5.76. The maximum atomic E-state index is 14.3. The summed E-state index contributed by atoms with van der Waals surface area (Å²) in [5.74, 6) is -2.47. The molecule has 0 radical (unpaired) electrons. The zero-order valence-corrected chi connectivity index (χ0v) is 29.6. The lowest BCUT2D eigenvalue weighted by Gasteiger charge is -2.30. The Kier molecular flexibility index (Phi) is 9.90. The van der Waals surface area contributed by atoms with Crippen molar-refractivity contribution >= 4 is 39.9 Å². The van der Waals surface area contributed by atoms with E-state index in [1.165, 1.54) is 4.90 Å². The normalized spacial score (nSPS) is 29.3. The minimum Gasteiger partial charge on any atom is -0.444 e. The molecule has 1 aromatic rings. The van der Waals surface area contributed by atoms with E-state index in [9.17, 15) is 32.4 Å². The third-order valence-electron chi connectivity index (χ3n) is 9.90. The minimum atomic E-state index is -3.89. The van der Waals surface area contributed by atoms with Gasteiger partial charge in [-0.1, -0.05) is 49.3 Å². The maximum Gasteiger partial charge on any atom is 0.410 e. The van der Waals surface area contributed by atoms with Crippen LogP contribution in [0.5, 0.6) is 0 Å². The van der Waals surface area contributed by atoms with Crippen molar-refractivity contribution in [2.24, 2.45) is 5.92 Å². The van der Waals surface area contributed by atoms with Gasteiger partial charge in [-0.15, -0.1) is 0 Å². The molecule has 6 rings (SSSR count). The number of hydrogen-bond acceptors (Lipinski definition) is 9. The van der Waals surface area contributed by atoms with Gasteiger partial charge in [0.1, 0.15) is 29.3 Å². The number of carbonyl (C=O) groups is 5. The van der Waals surface area contributed by atoms with Crippen LogP contribution in [0, 0.1) is 5.92 Å². The van der Waals surface area contributed by atoms with E-state index in [2.05, 4.69) is 15.4 Å². The number of allylic oxidation sites excluding steroid dienone is 1. The van der Waals surface area contributed by atoms with Crippen molar-refractivity contribution in [2.45, 2.75) is 126 Å². The third-order valence-corrected chi connectivity index (χ3v) is 11.7. The molecular formula is C35H47N5O9S. The fraction of sp³-hybridized carbons (Fsp3) is 0.629. The number of benzene rings is 1. The average molecular weight is 714 g/mol. The number of hydrogen-bond donors (Lipinski definition) is 3. The van der Waals surface area contributed by atoms with Gasteiger partial charge in [-0.25, -0.2) is 18.0 Å². The molecule has 5 amide bonds. The van der Waals surface area contributed by atoms with Gasteiger partial charge in [0.2, 0.25) is 21.8 Å². The smallest absolute Gasteiger partial charge is 0.410 e. The lowest BCUT2D eigenvalue weighted by molar-refractivity contribution is -0.141. The number of ether oxygens (including phenoxy) is 2. The maximum absolute atomic E-state index is 14.3. The first-order valence-corrected chi connectivity index (χ1v) is 19.1. The molecular weight excluding hydrogens is 666 g/mol. The van der Waals surface area contributed by atoms with Crippen LogP contribution in [0.2, 0.25) is 0 Å². The van der Waals surface area contributed by atoms with Crippen LogP contribution in [-0.2, 0) is 47.0 Å². The Balaban J connectivity index is 1.25. The Morgan fingerprint density at radius 3 is 2.36 bits per heavy atom. The monoisotopic (exact) mass is 713 g/mol. The van der Waals surface area contributed by atoms with Gasteiger partial charge >= 0.3 is 12.2 Å². The van der Waals surface area contributed by atoms with Gasteiger partial charge in [0.15, 0.2) is 0 Å². The predicted molar refractivity (Wildman–Crippen MR) is 181 cm³/mol. The zero-order valence-electron chi connectivity index (χ0n) is 28.8. The molecule has 14 nitrogen and oxygen atoms in total. The van der Waals surface area contributed by atoms with E-state index in [4.69, 9.17) is 9.47 Å². The average Bonchev–Trinajstić information content (AvgIpc) is 3.92. The van der Waals surface area contributed by atoms with E-state index in [1.54, 1.807) is 25.7 Å². The highest BCUT2D eigenvalue weighted by Crippen LogP contribution is 2.46. The van der Waals surface area contributed by atoms with Crippen LogP contribution in [0.15, 0.2) is 36.4 Å². The summed E-state index contributed by atoms with van der Waals surface area (Å²) in [5, 5.41) is 4.88. The predicted octanol–water partition coefficient (Wildman–Crippen LogP) is 3.01. The fourth-order valence-corrected chi connectivity index (χ4v) is 8.34. The summed E-state index contributed by atoms with van der Waals surface area (Å²) in [4.78, 5) is 71.1. The highest BCUT2D eigenvalue weighted by molar-refractivity contribution is 7.91. The largest absolute Gasteiger partial charge is 0.444 e. The van der Waals surface area contributed by atoms with E-state index in [1.807, 2.05) is 36.4 Å². The van der Waals surface area contributed by atoms with E-state index >= 15 is 0 Å². The number of sulfonamides is 1. The molecule has 3 N–H and O–H groups in total. The number of amides is 5. The molecule has 3 heterocycles. The number of fused-ring (bicyclic) bond motifs is 3. The van der Waals surface area contributed by atoms with Crippen LogP contribution in [0.4, 0.5) is 9.59 Å². The molecule has 50 heavy (non-hydrogen) atoms. The summed E-state index contributed by atoms with van der Waals surface area (Å²) in [6.07, 6.45) is 5.72. The second-order valence-electron chi connectivity index (χ2n) is 15.1. The van der Waals surface area contributed by atoms with Crippen LogP contribution in [0.25, 0.3) is 0 Å². The highest BCUT2D eigenvalue weighted by Gasteiger charge is 2.62. The first kappa shape index (κ1) is 35.7. The Hall–Kier alpha value is -4.14. The molecule has 1 aromatic carbocycles. The molecule has 5 atom stereocenters. The van der Waals surface area contributed by atoms with Crippen molar-refractivity contribution in [3.63, 3.8) is 0 Å². The molecule has 0 aromatic heterocycles. The van der Waals surface area contributed by atoms with E-state index in [0.717, 1.165) is 24.0 Å². The van der Waals surface area contributed by atoms with E-state index in [0.29, 0.717) is 38.8 Å². The summed E-state index contributed by atoms with van der Waals surface area (Å²) >= 11 is 0. The SMILES string of the molecule is CC(C)(C)OC(=O)N[C@H]1CCCCC/C=C/[C@@H]2C[C@@]2(C(=O)NS(=O)(=O)C2CC2)NC(=O)[C@@H]2C[C@@H](OC(=O)N3Cc4ccccc4C3)CN2C1=O. The van der Waals surface area contributed by atoms with Crippen LogP contribution >= 0.6 is 0 Å². The van der Waals surface area contributed by atoms with Crippen LogP contribution in [-0.4, -0.2) is 89.2 Å². The Morgan fingerprint density at radius 1 is 1.00 bits per heavy atom. The first-order valence-electron chi connectivity index (χ1n) is 17.5. The molecule has 2 aliphatic carbocycles. The molecule has 5 aliphatic rings. The second-order valence-corrected chi connectivity index (χ2v) is 17.0. The molecule has 3 aliphatic heterocycles. The quantitative estimate of drug-likeness (QED) is 0.387. The van der Waals surface area contributed by atoms with Gasteiger partial charge in [0, 0.05) is 25.4 Å². The fourth-order valence-electron chi connectivity index (χ4n) is 6.98. The summed E-state index contributed by atoms with van der Waals surface area (Å²) in [6, 6.07) is 5.49. The van der Waals surface area contributed by atoms with Crippen molar-refractivity contribution in [3.05, 3.63) is 47.5 Å². The van der Waals surface area contributed by atoms with Crippen molar-refractivity contribution in [3.8, 4) is 0 Å². The van der Waals surface area contributed by atoms with Gasteiger partial charge < -0.3 is 25.0 Å². The van der Waals surface area contributed by atoms with Crippen LogP contribution in [0.3, 0.4) is 0 Å². The standard InChI is InChI=1S/C35H47N5O9S/c1-34(2,3)49-32(44)36-27-14-8-6-4-5-7-13-24-18-35(24,31(43)38-50(46,47)26-15-16-26)37-29(41)28-17-25(21-40(28)30(27)42)48-33(45)39-19-22-11-9-10-12-23(22)20-39/h7,9-13,24-28H,4-6,8,14-21H2,1-3H3,(H,36,44)(H,37,41)(H,38,43)/b13-7+/t24-,25-,27+,28+,35-/m1/s1. The minimum absolute atomic E-state index is 0.0537. The van der Waals surface area contributed by atoms with Crippen molar-refractivity contribution in [1.29, 1.82) is 0 Å². The zero-order chi connectivity index (χ0) is 35.8. The van der Waals surface area contributed by atoms with Gasteiger partial charge in [-0.3, -0.25) is 24.0 Å². The van der Waals surface area contributed by atoms with Gasteiger partial charge in [0.05, 0.1) is 11.8 Å². The summed E-state index contributed by atoms with van der Waals surface area (Å²) in [7, 11) is -3.89. The number of rotatable bonds is 5. The number of alkyl carbamates (subject to hydrolysis) is 1. The number of nitrogens with zero attached hydrogens (tertiary/aromatic N) is 2. The third kappa shape index (κ3) is 8.08. The van der Waals surface area contributed by atoms with Crippen molar-refractivity contribution in [2.75, 3.05) is 6.54 Å². The Morgan fingerprint density at radius 2 is 1.70 bits per heavy atom. The molecule has 3 fully saturated rings. The highest BCUT2D eigenvalue weighted by atomic mass is 32.2. The topological polar surface area (TPSA) is 181 Å². The lowest BCUT2D eigenvalue weighted by atomic mass is 10.0. The van der Waals surface area contributed by atoms with Gasteiger partial charge in [-0.2, -0.15) is 0 Å². The molecule has 15 heteroatoms. The lowest BCUT2D eigenvalue weighted by Crippen LogP contribution is -2.58. The van der Waals surface area contributed by atoms with E-state index in [-0.39, 0.29) is 25.8 Å².